The van der Waals surface area contributed by atoms with Gasteiger partial charge in [-0.1, -0.05) is 24.3 Å². The highest BCUT2D eigenvalue weighted by Gasteiger charge is 2.50. The molecule has 1 saturated heterocycles. The van der Waals surface area contributed by atoms with Gasteiger partial charge in [0.05, 0.1) is 6.10 Å². The lowest BCUT2D eigenvalue weighted by atomic mass is 9.99. The average Bonchev–Trinajstić information content (AvgIpc) is 3.12. The number of hydrogen-bond acceptors (Lipinski definition) is 14. The fourth-order valence-corrected chi connectivity index (χ4v) is 5.48. The zero-order valence-electron chi connectivity index (χ0n) is 27.7. The van der Waals surface area contributed by atoms with Crippen molar-refractivity contribution in [3.8, 4) is 45.8 Å². The van der Waals surface area contributed by atoms with Gasteiger partial charge in [-0.3, -0.25) is 4.79 Å². The van der Waals surface area contributed by atoms with E-state index < -0.39 is 65.3 Å². The molecule has 0 spiro atoms. The van der Waals surface area contributed by atoms with Gasteiger partial charge in [-0.05, 0) is 78.7 Å². The number of phenols is 5. The molecule has 0 radical (unpaired) electrons. The van der Waals surface area contributed by atoms with Gasteiger partial charge in [-0.25, -0.2) is 9.59 Å². The van der Waals surface area contributed by atoms with Crippen LogP contribution in [0.1, 0.15) is 18.1 Å². The number of carbonyl (C=O) groups excluding carboxylic acids is 2. The van der Waals surface area contributed by atoms with Crippen LogP contribution in [0.25, 0.3) is 34.4 Å². The van der Waals surface area contributed by atoms with E-state index in [1.54, 1.807) is 12.1 Å². The van der Waals surface area contributed by atoms with Gasteiger partial charge < -0.3 is 54.0 Å². The van der Waals surface area contributed by atoms with E-state index in [4.69, 9.17) is 23.4 Å². The van der Waals surface area contributed by atoms with E-state index in [1.165, 1.54) is 79.7 Å². The monoisotopic (exact) mass is 724 g/mol. The number of hydrogen-bond donors (Lipinski definition) is 6. The number of rotatable bonds is 9. The zero-order chi connectivity index (χ0) is 37.8. The topological polar surface area (TPSA) is 223 Å². The Morgan fingerprint density at radius 1 is 0.698 bits per heavy atom. The Kier molecular flexibility index (Phi) is 10.4. The predicted octanol–water partition coefficient (Wildman–Crippen LogP) is 4.72. The van der Waals surface area contributed by atoms with Crippen LogP contribution in [-0.2, 0) is 23.8 Å². The third-order valence-corrected chi connectivity index (χ3v) is 8.15. The highest BCUT2D eigenvalue weighted by atomic mass is 16.7. The molecule has 0 aliphatic carbocycles. The Labute approximate surface area is 300 Å². The molecule has 6 N–H and O–H groups in total. The molecule has 2 heterocycles. The molecule has 14 heteroatoms. The molecule has 5 unspecified atom stereocenters. The van der Waals surface area contributed by atoms with E-state index in [2.05, 4.69) is 0 Å². The number of aliphatic hydroxyl groups excluding tert-OH is 1. The van der Waals surface area contributed by atoms with Crippen molar-refractivity contribution in [1.82, 2.24) is 0 Å². The maximum absolute atomic E-state index is 14.0. The molecular formula is C39H32O14. The molecule has 1 fully saturated rings. The summed E-state index contributed by atoms with van der Waals surface area (Å²) in [7, 11) is 0. The van der Waals surface area contributed by atoms with Gasteiger partial charge in [0.25, 0.3) is 0 Å². The molecule has 1 aliphatic rings. The summed E-state index contributed by atoms with van der Waals surface area (Å²) in [6.45, 7) is 1.43. The lowest BCUT2D eigenvalue weighted by Crippen LogP contribution is -2.61. The lowest BCUT2D eigenvalue weighted by molar-refractivity contribution is -0.276. The van der Waals surface area contributed by atoms with Crippen molar-refractivity contribution >= 4 is 35.1 Å². The number of aliphatic hydroxyl groups is 1. The van der Waals surface area contributed by atoms with Crippen LogP contribution in [0.3, 0.4) is 0 Å². The lowest BCUT2D eigenvalue weighted by Gasteiger charge is -2.41. The Balaban J connectivity index is 1.40. The van der Waals surface area contributed by atoms with Gasteiger partial charge in [-0.15, -0.1) is 0 Å². The SMILES string of the molecule is CC1OC(Oc2c(-c3ccc(O)cc3)oc3cc(O)cc(O)c3c2=O)C(OC(=O)/C=C/c2ccc(O)cc2)C(OC(=O)/C=C\c2ccc(O)cc2)C1O. The molecule has 0 bridgehead atoms. The molecule has 4 aromatic carbocycles. The minimum atomic E-state index is -1.76. The van der Waals surface area contributed by atoms with Gasteiger partial charge in [-0.2, -0.15) is 0 Å². The molecule has 14 nitrogen and oxygen atoms in total. The fraction of sp³-hybridized carbons (Fsp3) is 0.154. The predicted molar refractivity (Wildman–Crippen MR) is 188 cm³/mol. The zero-order valence-corrected chi connectivity index (χ0v) is 27.7. The first kappa shape index (κ1) is 36.0. The number of fused-ring (bicyclic) bond motifs is 1. The summed E-state index contributed by atoms with van der Waals surface area (Å²) in [4.78, 5) is 40.4. The maximum atomic E-state index is 14.0. The summed E-state index contributed by atoms with van der Waals surface area (Å²) in [5.74, 6) is -3.89. The van der Waals surface area contributed by atoms with Gasteiger partial charge in [0.1, 0.15) is 45.8 Å². The molecule has 272 valence electrons. The minimum Gasteiger partial charge on any atom is -0.508 e. The second kappa shape index (κ2) is 15.2. The van der Waals surface area contributed by atoms with Crippen molar-refractivity contribution in [2.24, 2.45) is 0 Å². The van der Waals surface area contributed by atoms with Crippen LogP contribution in [0.4, 0.5) is 0 Å². The summed E-state index contributed by atoms with van der Waals surface area (Å²) < 4.78 is 29.3. The molecule has 5 aromatic rings. The number of benzene rings is 4. The first-order valence-corrected chi connectivity index (χ1v) is 16.0. The molecule has 0 amide bonds. The summed E-state index contributed by atoms with van der Waals surface area (Å²) in [5, 5.41) is 60.6. The number of phenolic OH excluding ortho intramolecular Hbond substituents is 5. The van der Waals surface area contributed by atoms with Crippen LogP contribution < -0.4 is 10.2 Å². The van der Waals surface area contributed by atoms with Crippen molar-refractivity contribution in [1.29, 1.82) is 0 Å². The van der Waals surface area contributed by atoms with Gasteiger partial charge in [0.2, 0.25) is 23.6 Å². The molecule has 1 aromatic heterocycles. The molecule has 6 rings (SSSR count). The number of aromatic hydroxyl groups is 5. The summed E-state index contributed by atoms with van der Waals surface area (Å²) >= 11 is 0. The standard InChI is InChI=1S/C39H32O14/c1-20-33(47)36(51-30(45)16-6-21-2-10-24(40)11-3-21)38(52-31(46)17-7-22-4-12-25(41)13-5-22)39(49-20)53-37-34(48)32-28(44)18-27(43)19-29(32)50-35(37)23-8-14-26(42)15-9-23/h2-20,33,36,38-44,47H,1H3/b16-6-,17-7+. The number of carbonyl (C=O) groups is 2. The van der Waals surface area contributed by atoms with Gasteiger partial charge in [0.15, 0.2) is 11.9 Å². The maximum Gasteiger partial charge on any atom is 0.331 e. The van der Waals surface area contributed by atoms with E-state index >= 15 is 0 Å². The Morgan fingerprint density at radius 2 is 1.21 bits per heavy atom. The van der Waals surface area contributed by atoms with Crippen LogP contribution in [-0.4, -0.2) is 73.3 Å². The quantitative estimate of drug-likeness (QED) is 0.0894. The van der Waals surface area contributed by atoms with Crippen molar-refractivity contribution in [2.75, 3.05) is 0 Å². The highest BCUT2D eigenvalue weighted by Crippen LogP contribution is 2.38. The van der Waals surface area contributed by atoms with E-state index in [0.717, 1.165) is 24.3 Å². The molecule has 0 saturated carbocycles. The first-order valence-electron chi connectivity index (χ1n) is 16.0. The van der Waals surface area contributed by atoms with Crippen LogP contribution in [0.5, 0.6) is 34.5 Å². The van der Waals surface area contributed by atoms with Crippen LogP contribution in [0, 0.1) is 0 Å². The highest BCUT2D eigenvalue weighted by molar-refractivity contribution is 5.89. The van der Waals surface area contributed by atoms with Crippen LogP contribution in [0.2, 0.25) is 0 Å². The second-order valence-electron chi connectivity index (χ2n) is 11.9. The molecule has 53 heavy (non-hydrogen) atoms. The molecular weight excluding hydrogens is 692 g/mol. The normalized spacial score (nSPS) is 20.1. The van der Waals surface area contributed by atoms with Crippen molar-refractivity contribution in [2.45, 2.75) is 37.6 Å². The van der Waals surface area contributed by atoms with E-state index in [1.807, 2.05) is 0 Å². The number of esters is 2. The Hall–Kier alpha value is -6.77. The minimum absolute atomic E-state index is 0.00579. The van der Waals surface area contributed by atoms with Crippen molar-refractivity contribution in [3.05, 3.63) is 118 Å². The third kappa shape index (κ3) is 8.25. The van der Waals surface area contributed by atoms with Crippen LogP contribution >= 0.6 is 0 Å². The van der Waals surface area contributed by atoms with Crippen molar-refractivity contribution < 1.29 is 63.6 Å². The summed E-state index contributed by atoms with van der Waals surface area (Å²) in [6.07, 6.45) is -3.00. The first-order chi connectivity index (χ1) is 25.4. The Morgan fingerprint density at radius 3 is 1.75 bits per heavy atom. The van der Waals surface area contributed by atoms with E-state index in [9.17, 15) is 45.0 Å². The van der Waals surface area contributed by atoms with Crippen molar-refractivity contribution in [3.63, 3.8) is 0 Å². The Bertz CT molecular complexity index is 2240. The molecule has 5 atom stereocenters. The smallest absolute Gasteiger partial charge is 0.331 e. The molecule has 1 aliphatic heterocycles. The summed E-state index contributed by atoms with van der Waals surface area (Å²) in [5.41, 5.74) is 0.103. The summed E-state index contributed by atoms with van der Waals surface area (Å²) in [6, 6.07) is 19.2. The number of ether oxygens (including phenoxy) is 4. The average molecular weight is 725 g/mol. The van der Waals surface area contributed by atoms with Gasteiger partial charge in [0, 0.05) is 29.8 Å². The van der Waals surface area contributed by atoms with Crippen LogP contribution in [0.15, 0.2) is 106 Å². The second-order valence-corrected chi connectivity index (χ2v) is 11.9. The fourth-order valence-electron chi connectivity index (χ4n) is 5.48. The largest absolute Gasteiger partial charge is 0.508 e. The van der Waals surface area contributed by atoms with E-state index in [0.29, 0.717) is 11.1 Å². The third-order valence-electron chi connectivity index (χ3n) is 8.15. The van der Waals surface area contributed by atoms with E-state index in [-0.39, 0.29) is 39.5 Å². The van der Waals surface area contributed by atoms with Gasteiger partial charge >= 0.3 is 11.9 Å².